The zero-order valence-electron chi connectivity index (χ0n) is 19.5. The van der Waals surface area contributed by atoms with E-state index in [9.17, 15) is 9.59 Å². The van der Waals surface area contributed by atoms with Crippen LogP contribution in [0, 0.1) is 0 Å². The summed E-state index contributed by atoms with van der Waals surface area (Å²) >= 11 is 1.49. The lowest BCUT2D eigenvalue weighted by Gasteiger charge is -2.37. The van der Waals surface area contributed by atoms with E-state index in [4.69, 9.17) is 14.5 Å². The van der Waals surface area contributed by atoms with E-state index in [1.807, 2.05) is 46.4 Å². The number of ether oxygens (including phenoxy) is 2. The molecule has 1 amide bonds. The van der Waals surface area contributed by atoms with Crippen LogP contribution in [0.1, 0.15) is 31.4 Å². The minimum atomic E-state index is -0.424. The van der Waals surface area contributed by atoms with E-state index in [1.165, 1.54) is 18.9 Å². The van der Waals surface area contributed by atoms with Crippen LogP contribution in [0.25, 0.3) is 0 Å². The van der Waals surface area contributed by atoms with Crippen molar-refractivity contribution in [2.24, 2.45) is 4.99 Å². The molecule has 0 spiro atoms. The molecule has 1 aromatic carbocycles. The molecule has 1 aromatic rings. The monoisotopic (exact) mass is 470 g/mol. The highest BCUT2D eigenvalue weighted by atomic mass is 32.2. The Bertz CT molecular complexity index is 1010. The van der Waals surface area contributed by atoms with Crippen molar-refractivity contribution in [3.8, 4) is 5.75 Å². The standard InChI is InChI=1S/C24H30N4O4S/c1-5-19-21(23(30)32-4)22(16-6-8-18(31-3)9-7-16)28-17(15-33-24(28)25-19)14-20(29)27-12-10-26(2)11-13-27/h6-9,15,22H,5,10-14H2,1-4H3/t22-/m0/s1. The first-order valence-electron chi connectivity index (χ1n) is 11.1. The van der Waals surface area contributed by atoms with Gasteiger partial charge in [0, 0.05) is 31.9 Å². The zero-order chi connectivity index (χ0) is 23.5. The van der Waals surface area contributed by atoms with Gasteiger partial charge in [-0.2, -0.15) is 0 Å². The molecule has 176 valence electrons. The molecule has 0 aliphatic carbocycles. The van der Waals surface area contributed by atoms with Crippen molar-refractivity contribution in [3.63, 3.8) is 0 Å². The highest BCUT2D eigenvalue weighted by molar-refractivity contribution is 8.16. The van der Waals surface area contributed by atoms with Crippen LogP contribution >= 0.6 is 11.8 Å². The lowest BCUT2D eigenvalue weighted by Crippen LogP contribution is -2.47. The summed E-state index contributed by atoms with van der Waals surface area (Å²) in [6.45, 7) is 5.19. The summed E-state index contributed by atoms with van der Waals surface area (Å²) in [6.07, 6.45) is 0.864. The fourth-order valence-electron chi connectivity index (χ4n) is 4.34. The molecule has 9 heteroatoms. The summed E-state index contributed by atoms with van der Waals surface area (Å²) in [7, 11) is 5.08. The van der Waals surface area contributed by atoms with Gasteiger partial charge in [0.25, 0.3) is 0 Å². The number of amidine groups is 1. The van der Waals surface area contributed by atoms with Crippen molar-refractivity contribution < 1.29 is 19.1 Å². The molecule has 0 aromatic heterocycles. The molecule has 1 fully saturated rings. The van der Waals surface area contributed by atoms with Gasteiger partial charge in [-0.15, -0.1) is 0 Å². The number of rotatable bonds is 6. The fraction of sp³-hybridized carbons (Fsp3) is 0.458. The maximum atomic E-state index is 13.1. The molecule has 8 nitrogen and oxygen atoms in total. The number of amides is 1. The lowest BCUT2D eigenvalue weighted by molar-refractivity contribution is -0.136. The van der Waals surface area contributed by atoms with Crippen LogP contribution in [-0.2, 0) is 14.3 Å². The van der Waals surface area contributed by atoms with Gasteiger partial charge < -0.3 is 24.2 Å². The van der Waals surface area contributed by atoms with Crippen molar-refractivity contribution in [2.75, 3.05) is 47.4 Å². The van der Waals surface area contributed by atoms with Crippen LogP contribution in [0.3, 0.4) is 0 Å². The van der Waals surface area contributed by atoms with E-state index in [0.717, 1.165) is 48.4 Å². The summed E-state index contributed by atoms with van der Waals surface area (Å²) < 4.78 is 10.5. The highest BCUT2D eigenvalue weighted by Crippen LogP contribution is 2.45. The Morgan fingerprint density at radius 1 is 1.12 bits per heavy atom. The Hall–Kier alpha value is -2.78. The van der Waals surface area contributed by atoms with Gasteiger partial charge in [0.1, 0.15) is 5.75 Å². The molecule has 0 saturated carbocycles. The number of allylic oxidation sites excluding steroid dienone is 1. The van der Waals surface area contributed by atoms with Crippen molar-refractivity contribution in [3.05, 3.63) is 52.2 Å². The predicted octanol–water partition coefficient (Wildman–Crippen LogP) is 3.00. The lowest BCUT2D eigenvalue weighted by atomic mass is 9.92. The molecule has 0 bridgehead atoms. The van der Waals surface area contributed by atoms with E-state index in [0.29, 0.717) is 17.7 Å². The summed E-state index contributed by atoms with van der Waals surface area (Å²) in [4.78, 5) is 37.0. The Balaban J connectivity index is 1.68. The highest BCUT2D eigenvalue weighted by Gasteiger charge is 2.41. The minimum Gasteiger partial charge on any atom is -0.497 e. The van der Waals surface area contributed by atoms with Gasteiger partial charge in [0.05, 0.1) is 38.0 Å². The number of carbonyl (C=O) groups is 2. The number of fused-ring (bicyclic) bond motifs is 1. The molecule has 1 saturated heterocycles. The van der Waals surface area contributed by atoms with Crippen LogP contribution in [0.5, 0.6) is 5.75 Å². The molecular formula is C24H30N4O4S. The Kier molecular flexibility index (Phi) is 7.09. The molecule has 3 heterocycles. The molecule has 0 radical (unpaired) electrons. The fourth-order valence-corrected chi connectivity index (χ4v) is 5.27. The Labute approximate surface area is 198 Å². The first-order chi connectivity index (χ1) is 16.0. The van der Waals surface area contributed by atoms with Crippen LogP contribution in [-0.4, -0.2) is 79.2 Å². The molecule has 4 rings (SSSR count). The van der Waals surface area contributed by atoms with Gasteiger partial charge in [-0.3, -0.25) is 4.79 Å². The maximum Gasteiger partial charge on any atom is 0.338 e. The van der Waals surface area contributed by atoms with Crippen molar-refractivity contribution >= 4 is 28.8 Å². The van der Waals surface area contributed by atoms with Crippen LogP contribution in [0.2, 0.25) is 0 Å². The number of thioether (sulfide) groups is 1. The summed E-state index contributed by atoms with van der Waals surface area (Å²) in [5, 5.41) is 2.76. The van der Waals surface area contributed by atoms with E-state index in [-0.39, 0.29) is 12.3 Å². The number of hydrogen-bond donors (Lipinski definition) is 0. The number of piperazine rings is 1. The van der Waals surface area contributed by atoms with E-state index >= 15 is 0 Å². The quantitative estimate of drug-likeness (QED) is 0.592. The van der Waals surface area contributed by atoms with Gasteiger partial charge in [-0.1, -0.05) is 30.8 Å². The van der Waals surface area contributed by atoms with Gasteiger partial charge in [0.2, 0.25) is 5.91 Å². The number of hydrogen-bond acceptors (Lipinski definition) is 8. The van der Waals surface area contributed by atoms with Gasteiger partial charge in [-0.05, 0) is 36.6 Å². The normalized spacial score (nSPS) is 20.9. The van der Waals surface area contributed by atoms with E-state index < -0.39 is 12.0 Å². The summed E-state index contributed by atoms with van der Waals surface area (Å²) in [6, 6.07) is 7.23. The van der Waals surface area contributed by atoms with Gasteiger partial charge in [-0.25, -0.2) is 9.79 Å². The number of nitrogens with zero attached hydrogens (tertiary/aromatic N) is 4. The molecule has 3 aliphatic rings. The summed E-state index contributed by atoms with van der Waals surface area (Å²) in [5.41, 5.74) is 2.98. The first kappa shape index (κ1) is 23.4. The largest absolute Gasteiger partial charge is 0.497 e. The number of carbonyl (C=O) groups excluding carboxylic acids is 2. The number of aliphatic imine (C=N–C) groups is 1. The molecule has 3 aliphatic heterocycles. The average Bonchev–Trinajstić information content (AvgIpc) is 3.24. The number of likely N-dealkylation sites (N-methyl/N-ethyl adjacent to an activating group) is 1. The smallest absolute Gasteiger partial charge is 0.338 e. The van der Waals surface area contributed by atoms with Crippen molar-refractivity contribution in [1.29, 1.82) is 0 Å². The van der Waals surface area contributed by atoms with Crippen molar-refractivity contribution in [2.45, 2.75) is 25.8 Å². The topological polar surface area (TPSA) is 74.7 Å². The second-order valence-corrected chi connectivity index (χ2v) is 9.07. The third kappa shape index (κ3) is 4.65. The van der Waals surface area contributed by atoms with Crippen molar-refractivity contribution in [1.82, 2.24) is 14.7 Å². The van der Waals surface area contributed by atoms with Crippen LogP contribution in [0.15, 0.2) is 51.6 Å². The maximum absolute atomic E-state index is 13.1. The Morgan fingerprint density at radius 3 is 2.42 bits per heavy atom. The molecular weight excluding hydrogens is 440 g/mol. The first-order valence-corrected chi connectivity index (χ1v) is 12.0. The molecule has 0 N–H and O–H groups in total. The SMILES string of the molecule is CCC1=C(C(=O)OC)[C@H](c2ccc(OC)cc2)N2C(CC(=O)N3CCN(C)CC3)=CSC2=N1. The molecule has 33 heavy (non-hydrogen) atoms. The number of esters is 1. The molecule has 0 unspecified atom stereocenters. The van der Waals surface area contributed by atoms with E-state index in [2.05, 4.69) is 11.9 Å². The average molecular weight is 471 g/mol. The third-order valence-corrected chi connectivity index (χ3v) is 7.14. The molecule has 1 atom stereocenters. The van der Waals surface area contributed by atoms with Crippen LogP contribution < -0.4 is 4.74 Å². The number of benzene rings is 1. The van der Waals surface area contributed by atoms with Crippen LogP contribution in [0.4, 0.5) is 0 Å². The Morgan fingerprint density at radius 2 is 1.82 bits per heavy atom. The zero-order valence-corrected chi connectivity index (χ0v) is 20.4. The minimum absolute atomic E-state index is 0.0922. The van der Waals surface area contributed by atoms with Gasteiger partial charge in [0.15, 0.2) is 5.17 Å². The second-order valence-electron chi connectivity index (χ2n) is 8.23. The number of methoxy groups -OCH3 is 2. The third-order valence-electron chi connectivity index (χ3n) is 6.25. The van der Waals surface area contributed by atoms with Gasteiger partial charge >= 0.3 is 5.97 Å². The second kappa shape index (κ2) is 10.0. The predicted molar refractivity (Wildman–Crippen MR) is 129 cm³/mol. The summed E-state index contributed by atoms with van der Waals surface area (Å²) in [5.74, 6) is 0.422. The van der Waals surface area contributed by atoms with E-state index in [1.54, 1.807) is 7.11 Å².